The first-order valence-corrected chi connectivity index (χ1v) is 9.29. The number of nitrogens with zero attached hydrogens (tertiary/aromatic N) is 1. The molecule has 4 nitrogen and oxygen atoms in total. The van der Waals surface area contributed by atoms with Crippen molar-refractivity contribution in [2.45, 2.75) is 17.7 Å². The van der Waals surface area contributed by atoms with Crippen LogP contribution >= 0.6 is 23.2 Å². The highest BCUT2D eigenvalue weighted by Crippen LogP contribution is 2.34. The summed E-state index contributed by atoms with van der Waals surface area (Å²) < 4.78 is 28.8. The van der Waals surface area contributed by atoms with E-state index in [0.29, 0.717) is 29.4 Å². The van der Waals surface area contributed by atoms with Crippen LogP contribution < -0.4 is 4.74 Å². The number of nitriles is 1. The zero-order chi connectivity index (χ0) is 17.0. The smallest absolute Gasteiger partial charge is 0.175 e. The minimum atomic E-state index is -3.34. The lowest BCUT2D eigenvalue weighted by molar-refractivity contribution is 0.476. The molecule has 0 unspecified atom stereocenters. The monoisotopic (exact) mass is 369 g/mol. The second-order valence-electron chi connectivity index (χ2n) is 4.88. The standard InChI is InChI=1S/C16H13Cl2NO3S/c1-23(20,21)13-6-7-15(14(18)10-13)22-16-9-12(17)5-4-11(16)3-2-8-19/h4-7,9-10H,2-3H2,1H3. The Morgan fingerprint density at radius 2 is 1.87 bits per heavy atom. The van der Waals surface area contributed by atoms with E-state index in [2.05, 4.69) is 6.07 Å². The summed E-state index contributed by atoms with van der Waals surface area (Å²) in [6, 6.07) is 11.5. The molecule has 0 bridgehead atoms. The Hall–Kier alpha value is -1.74. The van der Waals surface area contributed by atoms with Gasteiger partial charge in [-0.1, -0.05) is 29.3 Å². The lowest BCUT2D eigenvalue weighted by atomic mass is 10.1. The third kappa shape index (κ3) is 4.61. The number of ether oxygens (including phenoxy) is 1. The maximum atomic E-state index is 11.5. The average Bonchev–Trinajstić information content (AvgIpc) is 2.47. The lowest BCUT2D eigenvalue weighted by Crippen LogP contribution is -1.98. The molecule has 0 radical (unpaired) electrons. The fraction of sp³-hybridized carbons (Fsp3) is 0.188. The van der Waals surface area contributed by atoms with E-state index in [1.807, 2.05) is 0 Å². The van der Waals surface area contributed by atoms with E-state index < -0.39 is 9.84 Å². The molecular formula is C16H13Cl2NO3S. The van der Waals surface area contributed by atoms with Gasteiger partial charge in [-0.05, 0) is 42.3 Å². The summed E-state index contributed by atoms with van der Waals surface area (Å²) >= 11 is 12.1. The average molecular weight is 370 g/mol. The topological polar surface area (TPSA) is 67.2 Å². The van der Waals surface area contributed by atoms with Crippen molar-refractivity contribution in [2.75, 3.05) is 6.26 Å². The Morgan fingerprint density at radius 3 is 2.48 bits per heavy atom. The van der Waals surface area contributed by atoms with Crippen molar-refractivity contribution in [2.24, 2.45) is 0 Å². The molecule has 0 saturated carbocycles. The first-order chi connectivity index (χ1) is 10.8. The molecule has 2 aromatic carbocycles. The number of hydrogen-bond donors (Lipinski definition) is 0. The highest BCUT2D eigenvalue weighted by atomic mass is 35.5. The highest BCUT2D eigenvalue weighted by molar-refractivity contribution is 7.90. The van der Waals surface area contributed by atoms with Gasteiger partial charge in [-0.25, -0.2) is 8.42 Å². The van der Waals surface area contributed by atoms with E-state index in [-0.39, 0.29) is 9.92 Å². The first kappa shape index (κ1) is 17.6. The van der Waals surface area contributed by atoms with Crippen molar-refractivity contribution < 1.29 is 13.2 Å². The zero-order valence-electron chi connectivity index (χ0n) is 12.2. The third-order valence-corrected chi connectivity index (χ3v) is 4.73. The van der Waals surface area contributed by atoms with Gasteiger partial charge < -0.3 is 4.74 Å². The predicted molar refractivity (Wildman–Crippen MR) is 90.0 cm³/mol. The fourth-order valence-electron chi connectivity index (χ4n) is 1.93. The number of halogens is 2. The second kappa shape index (κ2) is 7.22. The van der Waals surface area contributed by atoms with Gasteiger partial charge in [0, 0.05) is 17.7 Å². The van der Waals surface area contributed by atoms with Crippen LogP contribution in [-0.4, -0.2) is 14.7 Å². The van der Waals surface area contributed by atoms with Gasteiger partial charge in [0.15, 0.2) is 9.84 Å². The predicted octanol–water partition coefficient (Wildman–Crippen LogP) is 4.65. The van der Waals surface area contributed by atoms with E-state index >= 15 is 0 Å². The maximum absolute atomic E-state index is 11.5. The molecule has 0 aliphatic rings. The number of benzene rings is 2. The number of aryl methyl sites for hydroxylation is 1. The van der Waals surface area contributed by atoms with Crippen molar-refractivity contribution in [1.29, 1.82) is 5.26 Å². The van der Waals surface area contributed by atoms with Crippen LogP contribution in [0.25, 0.3) is 0 Å². The van der Waals surface area contributed by atoms with E-state index in [4.69, 9.17) is 33.2 Å². The summed E-state index contributed by atoms with van der Waals surface area (Å²) in [7, 11) is -3.34. The van der Waals surface area contributed by atoms with E-state index in [1.54, 1.807) is 18.2 Å². The second-order valence-corrected chi connectivity index (χ2v) is 7.74. The Bertz CT molecular complexity index is 873. The summed E-state index contributed by atoms with van der Waals surface area (Å²) in [5.74, 6) is 0.807. The van der Waals surface area contributed by atoms with Crippen LogP contribution in [0.2, 0.25) is 10.0 Å². The Balaban J connectivity index is 2.36. The summed E-state index contributed by atoms with van der Waals surface area (Å²) in [6.07, 6.45) is 1.97. The lowest BCUT2D eigenvalue weighted by Gasteiger charge is -2.12. The summed E-state index contributed by atoms with van der Waals surface area (Å²) in [5, 5.41) is 9.39. The molecule has 2 aromatic rings. The molecule has 0 saturated heterocycles. The minimum absolute atomic E-state index is 0.116. The SMILES string of the molecule is CS(=O)(=O)c1ccc(Oc2cc(Cl)ccc2CCC#N)c(Cl)c1. The largest absolute Gasteiger partial charge is 0.455 e. The van der Waals surface area contributed by atoms with Crippen LogP contribution in [0.5, 0.6) is 11.5 Å². The van der Waals surface area contributed by atoms with Gasteiger partial charge in [-0.3, -0.25) is 0 Å². The van der Waals surface area contributed by atoms with Crippen LogP contribution in [0.3, 0.4) is 0 Å². The first-order valence-electron chi connectivity index (χ1n) is 6.64. The quantitative estimate of drug-likeness (QED) is 0.769. The van der Waals surface area contributed by atoms with Gasteiger partial charge >= 0.3 is 0 Å². The van der Waals surface area contributed by atoms with Crippen molar-refractivity contribution in [3.63, 3.8) is 0 Å². The maximum Gasteiger partial charge on any atom is 0.175 e. The normalized spacial score (nSPS) is 11.0. The van der Waals surface area contributed by atoms with Gasteiger partial charge in [0.25, 0.3) is 0 Å². The summed E-state index contributed by atoms with van der Waals surface area (Å²) in [5.41, 5.74) is 0.819. The fourth-order valence-corrected chi connectivity index (χ4v) is 3.03. The van der Waals surface area contributed by atoms with Crippen molar-refractivity contribution in [3.8, 4) is 17.6 Å². The van der Waals surface area contributed by atoms with Gasteiger partial charge in [0.05, 0.1) is 16.0 Å². The molecule has 2 rings (SSSR count). The molecule has 120 valence electrons. The van der Waals surface area contributed by atoms with Crippen molar-refractivity contribution >= 4 is 33.0 Å². The van der Waals surface area contributed by atoms with Crippen molar-refractivity contribution in [1.82, 2.24) is 0 Å². The van der Waals surface area contributed by atoms with Crippen LogP contribution in [0, 0.1) is 11.3 Å². The molecule has 0 amide bonds. The molecule has 0 fully saturated rings. The minimum Gasteiger partial charge on any atom is -0.455 e. The van der Waals surface area contributed by atoms with E-state index in [1.165, 1.54) is 18.2 Å². The molecule has 0 aliphatic heterocycles. The van der Waals surface area contributed by atoms with E-state index in [0.717, 1.165) is 11.8 Å². The van der Waals surface area contributed by atoms with Gasteiger partial charge in [0.2, 0.25) is 0 Å². The van der Waals surface area contributed by atoms with Crippen LogP contribution in [0.1, 0.15) is 12.0 Å². The molecule has 0 aliphatic carbocycles. The van der Waals surface area contributed by atoms with Crippen LogP contribution in [0.4, 0.5) is 0 Å². The third-order valence-electron chi connectivity index (χ3n) is 3.09. The van der Waals surface area contributed by atoms with Gasteiger partial charge in [-0.2, -0.15) is 5.26 Å². The molecule has 0 spiro atoms. The Kier molecular flexibility index (Phi) is 5.53. The Labute approximate surface area is 145 Å². The summed E-state index contributed by atoms with van der Waals surface area (Å²) in [4.78, 5) is 0.116. The van der Waals surface area contributed by atoms with Gasteiger partial charge in [0.1, 0.15) is 11.5 Å². The molecule has 7 heteroatoms. The molecule has 0 atom stereocenters. The highest BCUT2D eigenvalue weighted by Gasteiger charge is 2.13. The zero-order valence-corrected chi connectivity index (χ0v) is 14.5. The Morgan fingerprint density at radius 1 is 1.13 bits per heavy atom. The van der Waals surface area contributed by atoms with Crippen LogP contribution in [-0.2, 0) is 16.3 Å². The number of hydrogen-bond acceptors (Lipinski definition) is 4. The number of sulfone groups is 1. The molecular weight excluding hydrogens is 357 g/mol. The van der Waals surface area contributed by atoms with Crippen LogP contribution in [0.15, 0.2) is 41.3 Å². The molecule has 0 heterocycles. The summed E-state index contributed by atoms with van der Waals surface area (Å²) in [6.45, 7) is 0. The molecule has 23 heavy (non-hydrogen) atoms. The van der Waals surface area contributed by atoms with Crippen molar-refractivity contribution in [3.05, 3.63) is 52.0 Å². The molecule has 0 aromatic heterocycles. The van der Waals surface area contributed by atoms with Gasteiger partial charge in [-0.15, -0.1) is 0 Å². The van der Waals surface area contributed by atoms with E-state index in [9.17, 15) is 8.42 Å². The number of rotatable bonds is 5. The molecule has 0 N–H and O–H groups in total.